The fourth-order valence-electron chi connectivity index (χ4n) is 1.75. The Morgan fingerprint density at radius 2 is 1.77 bits per heavy atom. The highest BCUT2D eigenvalue weighted by atomic mass is 19.4. The average Bonchev–Trinajstić information content (AvgIpc) is 2.59. The molecule has 0 atom stereocenters. The number of halogens is 3. The normalized spacial score (nSPS) is 11.7. The van der Waals surface area contributed by atoms with E-state index in [-0.39, 0.29) is 24.7 Å². The molecule has 1 N–H and O–H groups in total. The average molecular weight is 377 g/mol. The van der Waals surface area contributed by atoms with Crippen molar-refractivity contribution in [3.05, 3.63) is 35.5 Å². The lowest BCUT2D eigenvalue weighted by molar-refractivity contribution is -0.138. The summed E-state index contributed by atoms with van der Waals surface area (Å²) < 4.78 is 58.1. The smallest absolute Gasteiger partial charge is 0.416 e. The van der Waals surface area contributed by atoms with Gasteiger partial charge in [0.05, 0.1) is 32.5 Å². The van der Waals surface area contributed by atoms with Crippen LogP contribution in [0.15, 0.2) is 30.0 Å². The van der Waals surface area contributed by atoms with Gasteiger partial charge in [0.15, 0.2) is 0 Å². The van der Waals surface area contributed by atoms with E-state index in [1.165, 1.54) is 13.2 Å². The first-order chi connectivity index (χ1) is 12.2. The summed E-state index contributed by atoms with van der Waals surface area (Å²) in [6.07, 6.45) is -3.88. The standard InChI is InChI=1S/C16H18F3NO6/c1-23-4-5-26-12-7-10(16(17,18)19)6-11(8-12)20-13(15(22)25-3)9-14(21)24-2/h6-9,20H,4-5H2,1-3H3/b13-9+. The Kier molecular flexibility index (Phi) is 7.91. The van der Waals surface area contributed by atoms with Crippen LogP contribution in [0.1, 0.15) is 5.56 Å². The molecule has 0 aliphatic rings. The van der Waals surface area contributed by atoms with Gasteiger partial charge in [0.25, 0.3) is 0 Å². The third-order valence-electron chi connectivity index (χ3n) is 2.94. The molecular weight excluding hydrogens is 359 g/mol. The Balaban J connectivity index is 3.22. The molecule has 7 nitrogen and oxygen atoms in total. The zero-order chi connectivity index (χ0) is 19.7. The Morgan fingerprint density at radius 1 is 1.08 bits per heavy atom. The monoisotopic (exact) mass is 377 g/mol. The lowest BCUT2D eigenvalue weighted by Crippen LogP contribution is -2.16. The van der Waals surface area contributed by atoms with Crippen molar-refractivity contribution in [2.45, 2.75) is 6.18 Å². The van der Waals surface area contributed by atoms with Gasteiger partial charge in [0, 0.05) is 18.9 Å². The summed E-state index contributed by atoms with van der Waals surface area (Å²) in [5.41, 5.74) is -1.54. The van der Waals surface area contributed by atoms with E-state index < -0.39 is 29.4 Å². The molecule has 1 rings (SSSR count). The fourth-order valence-corrected chi connectivity index (χ4v) is 1.75. The molecule has 1 aromatic rings. The van der Waals surface area contributed by atoms with Gasteiger partial charge in [-0.25, -0.2) is 9.59 Å². The number of carbonyl (C=O) groups excluding carboxylic acids is 2. The lowest BCUT2D eigenvalue weighted by Gasteiger charge is -2.15. The maximum Gasteiger partial charge on any atom is 0.416 e. The van der Waals surface area contributed by atoms with E-state index in [1.807, 2.05) is 0 Å². The van der Waals surface area contributed by atoms with Crippen LogP contribution in [-0.2, 0) is 30.0 Å². The second-order valence-electron chi connectivity index (χ2n) is 4.78. The van der Waals surface area contributed by atoms with Crippen LogP contribution in [-0.4, -0.2) is 46.5 Å². The number of methoxy groups -OCH3 is 3. The highest BCUT2D eigenvalue weighted by Crippen LogP contribution is 2.34. The lowest BCUT2D eigenvalue weighted by atomic mass is 10.1. The van der Waals surface area contributed by atoms with Gasteiger partial charge in [-0.2, -0.15) is 13.2 Å². The number of alkyl halides is 3. The van der Waals surface area contributed by atoms with Crippen LogP contribution in [0.5, 0.6) is 5.75 Å². The van der Waals surface area contributed by atoms with E-state index in [0.29, 0.717) is 0 Å². The van der Waals surface area contributed by atoms with Crippen molar-refractivity contribution in [2.24, 2.45) is 0 Å². The van der Waals surface area contributed by atoms with Gasteiger partial charge in [-0.3, -0.25) is 0 Å². The number of nitrogens with one attached hydrogen (secondary N) is 1. The highest BCUT2D eigenvalue weighted by molar-refractivity contribution is 5.98. The van der Waals surface area contributed by atoms with Crippen LogP contribution >= 0.6 is 0 Å². The quantitative estimate of drug-likeness (QED) is 0.423. The molecule has 1 aromatic carbocycles. The molecule has 0 unspecified atom stereocenters. The van der Waals surface area contributed by atoms with E-state index in [4.69, 9.17) is 9.47 Å². The summed E-state index contributed by atoms with van der Waals surface area (Å²) in [7, 11) is 3.56. The Labute approximate surface area is 147 Å². The molecule has 0 saturated heterocycles. The molecule has 0 heterocycles. The predicted octanol–water partition coefficient (Wildman–Crippen LogP) is 2.37. The van der Waals surface area contributed by atoms with Crippen molar-refractivity contribution in [3.63, 3.8) is 0 Å². The minimum Gasteiger partial charge on any atom is -0.491 e. The third-order valence-corrected chi connectivity index (χ3v) is 2.94. The second kappa shape index (κ2) is 9.66. The van der Waals surface area contributed by atoms with E-state index in [0.717, 1.165) is 32.4 Å². The Morgan fingerprint density at radius 3 is 2.31 bits per heavy atom. The molecule has 0 bridgehead atoms. The molecule has 0 fully saturated rings. The highest BCUT2D eigenvalue weighted by Gasteiger charge is 2.31. The number of hydrogen-bond acceptors (Lipinski definition) is 7. The molecular formula is C16H18F3NO6. The Hall–Kier alpha value is -2.75. The summed E-state index contributed by atoms with van der Waals surface area (Å²) in [4.78, 5) is 23.1. The van der Waals surface area contributed by atoms with Crippen LogP contribution in [0.2, 0.25) is 0 Å². The minimum atomic E-state index is -4.64. The van der Waals surface area contributed by atoms with Crippen molar-refractivity contribution in [2.75, 3.05) is 39.9 Å². The first-order valence-corrected chi connectivity index (χ1v) is 7.20. The van der Waals surface area contributed by atoms with Gasteiger partial charge < -0.3 is 24.3 Å². The summed E-state index contributed by atoms with van der Waals surface area (Å²) in [6.45, 7) is 0.202. The summed E-state index contributed by atoms with van der Waals surface area (Å²) in [5, 5.41) is 2.41. The van der Waals surface area contributed by atoms with E-state index in [2.05, 4.69) is 14.8 Å². The molecule has 0 radical (unpaired) electrons. The van der Waals surface area contributed by atoms with Gasteiger partial charge in [0.1, 0.15) is 18.1 Å². The van der Waals surface area contributed by atoms with Crippen molar-refractivity contribution in [3.8, 4) is 5.75 Å². The van der Waals surface area contributed by atoms with Crippen LogP contribution in [0.4, 0.5) is 18.9 Å². The molecule has 10 heteroatoms. The van der Waals surface area contributed by atoms with E-state index >= 15 is 0 Å². The number of ether oxygens (including phenoxy) is 4. The largest absolute Gasteiger partial charge is 0.491 e. The van der Waals surface area contributed by atoms with Crippen molar-refractivity contribution in [1.29, 1.82) is 0 Å². The van der Waals surface area contributed by atoms with Gasteiger partial charge in [-0.15, -0.1) is 0 Å². The molecule has 0 aliphatic carbocycles. The topological polar surface area (TPSA) is 83.1 Å². The second-order valence-corrected chi connectivity index (χ2v) is 4.78. The zero-order valence-electron chi connectivity index (χ0n) is 14.3. The minimum absolute atomic E-state index is 0.0269. The molecule has 0 spiro atoms. The van der Waals surface area contributed by atoms with Crippen molar-refractivity contribution in [1.82, 2.24) is 0 Å². The van der Waals surface area contributed by atoms with Crippen molar-refractivity contribution >= 4 is 17.6 Å². The summed E-state index contributed by atoms with van der Waals surface area (Å²) in [6, 6.07) is 2.80. The first-order valence-electron chi connectivity index (χ1n) is 7.20. The van der Waals surface area contributed by atoms with Crippen LogP contribution in [0, 0.1) is 0 Å². The first kappa shape index (κ1) is 21.3. The SMILES string of the molecule is COCCOc1cc(N/C(=C/C(=O)OC)C(=O)OC)cc(C(F)(F)F)c1. The van der Waals surface area contributed by atoms with Crippen molar-refractivity contribution < 1.29 is 41.7 Å². The molecule has 0 aliphatic heterocycles. The predicted molar refractivity (Wildman–Crippen MR) is 84.6 cm³/mol. The van der Waals surface area contributed by atoms with Gasteiger partial charge in [-0.1, -0.05) is 0 Å². The molecule has 0 aromatic heterocycles. The van der Waals surface area contributed by atoms with Crippen LogP contribution < -0.4 is 10.1 Å². The summed E-state index contributed by atoms with van der Waals surface area (Å²) in [5.74, 6) is -1.95. The fraction of sp³-hybridized carbons (Fsp3) is 0.375. The van der Waals surface area contributed by atoms with E-state index in [1.54, 1.807) is 0 Å². The van der Waals surface area contributed by atoms with Gasteiger partial charge in [-0.05, 0) is 12.1 Å². The van der Waals surface area contributed by atoms with Gasteiger partial charge >= 0.3 is 18.1 Å². The Bertz CT molecular complexity index is 672. The number of hydrogen-bond donors (Lipinski definition) is 1. The number of esters is 2. The maximum atomic E-state index is 13.1. The number of rotatable bonds is 8. The molecule has 0 amide bonds. The number of benzene rings is 1. The van der Waals surface area contributed by atoms with Crippen LogP contribution in [0.25, 0.3) is 0 Å². The van der Waals surface area contributed by atoms with Gasteiger partial charge in [0.2, 0.25) is 0 Å². The summed E-state index contributed by atoms with van der Waals surface area (Å²) >= 11 is 0. The van der Waals surface area contributed by atoms with Crippen LogP contribution in [0.3, 0.4) is 0 Å². The maximum absolute atomic E-state index is 13.1. The molecule has 26 heavy (non-hydrogen) atoms. The number of carbonyl (C=O) groups is 2. The number of anilines is 1. The molecule has 0 saturated carbocycles. The zero-order valence-corrected chi connectivity index (χ0v) is 14.3. The third kappa shape index (κ3) is 6.63. The van der Waals surface area contributed by atoms with E-state index in [9.17, 15) is 22.8 Å². The molecule has 144 valence electrons.